The van der Waals surface area contributed by atoms with Gasteiger partial charge in [0, 0.05) is 61.4 Å². The molecule has 2 heterocycles. The maximum absolute atomic E-state index is 4.85. The van der Waals surface area contributed by atoms with Gasteiger partial charge in [-0.1, -0.05) is 72.8 Å². The zero-order valence-electron chi connectivity index (χ0n) is 23.3. The van der Waals surface area contributed by atoms with Crippen molar-refractivity contribution in [3.05, 3.63) is 109 Å². The molecule has 5 heteroatoms. The Hall–Kier alpha value is -3.93. The van der Waals surface area contributed by atoms with Gasteiger partial charge in [-0.2, -0.15) is 0 Å². The van der Waals surface area contributed by atoms with E-state index in [0.29, 0.717) is 0 Å². The third-order valence-electron chi connectivity index (χ3n) is 8.00. The average Bonchev–Trinajstić information content (AvgIpc) is 3.02. The van der Waals surface area contributed by atoms with Gasteiger partial charge in [0.15, 0.2) is 0 Å². The zero-order chi connectivity index (χ0) is 27.0. The van der Waals surface area contributed by atoms with Crippen LogP contribution in [0.2, 0.25) is 0 Å². The minimum Gasteiger partial charge on any atom is -0.384 e. The molecule has 1 aliphatic rings. The van der Waals surface area contributed by atoms with E-state index >= 15 is 0 Å². The number of anilines is 3. The number of benzene rings is 4. The van der Waals surface area contributed by atoms with Gasteiger partial charge in [0.1, 0.15) is 0 Å². The number of hydrogen-bond acceptors (Lipinski definition) is 5. The first kappa shape index (κ1) is 26.3. The van der Waals surface area contributed by atoms with Crippen molar-refractivity contribution in [3.63, 3.8) is 0 Å². The summed E-state index contributed by atoms with van der Waals surface area (Å²) >= 11 is 0. The Labute approximate surface area is 238 Å². The van der Waals surface area contributed by atoms with Crippen LogP contribution in [0.25, 0.3) is 21.8 Å². The maximum Gasteiger partial charge on any atom is 0.0730 e. The summed E-state index contributed by atoms with van der Waals surface area (Å²) in [4.78, 5) is 12.6. The second-order valence-electron chi connectivity index (χ2n) is 10.7. The summed E-state index contributed by atoms with van der Waals surface area (Å²) < 4.78 is 0. The van der Waals surface area contributed by atoms with Crippen molar-refractivity contribution < 1.29 is 0 Å². The van der Waals surface area contributed by atoms with Crippen LogP contribution in [0.15, 0.2) is 109 Å². The Morgan fingerprint density at radius 2 is 1.05 bits per heavy atom. The van der Waals surface area contributed by atoms with Gasteiger partial charge in [-0.05, 0) is 62.3 Å². The Bertz CT molecular complexity index is 1400. The van der Waals surface area contributed by atoms with E-state index in [1.807, 2.05) is 0 Å². The molecule has 1 aliphatic heterocycles. The SMILES string of the molecule is c1ccc(N(CCCN2CCN(CCCNc3c4ccccc4nc4ccccc34)CC2)c2ccccc2)cc1. The highest BCUT2D eigenvalue weighted by molar-refractivity contribution is 6.07. The molecule has 5 aromatic rings. The minimum atomic E-state index is 0.965. The Balaban J connectivity index is 0.960. The van der Waals surface area contributed by atoms with Crippen molar-refractivity contribution in [3.8, 4) is 0 Å². The topological polar surface area (TPSA) is 34.6 Å². The van der Waals surface area contributed by atoms with Gasteiger partial charge in [-0.3, -0.25) is 0 Å². The summed E-state index contributed by atoms with van der Waals surface area (Å²) in [6.45, 7) is 8.90. The molecule has 1 aromatic heterocycles. The van der Waals surface area contributed by atoms with E-state index in [9.17, 15) is 0 Å². The van der Waals surface area contributed by atoms with Crippen molar-refractivity contribution in [2.75, 3.05) is 62.6 Å². The van der Waals surface area contributed by atoms with Crippen LogP contribution < -0.4 is 10.2 Å². The summed E-state index contributed by atoms with van der Waals surface area (Å²) in [7, 11) is 0. The van der Waals surface area contributed by atoms with Crippen molar-refractivity contribution in [2.45, 2.75) is 12.8 Å². The predicted octanol–water partition coefficient (Wildman–Crippen LogP) is 7.04. The fraction of sp³-hybridized carbons (Fsp3) is 0.286. The first-order valence-electron chi connectivity index (χ1n) is 14.7. The molecule has 204 valence electrons. The molecule has 5 nitrogen and oxygen atoms in total. The number of para-hydroxylation sites is 4. The lowest BCUT2D eigenvalue weighted by molar-refractivity contribution is 0.132. The van der Waals surface area contributed by atoms with Crippen LogP contribution in [0.5, 0.6) is 0 Å². The number of hydrogen-bond donors (Lipinski definition) is 1. The smallest absolute Gasteiger partial charge is 0.0730 e. The normalized spacial score (nSPS) is 14.5. The first-order chi connectivity index (χ1) is 19.8. The number of nitrogens with one attached hydrogen (secondary N) is 1. The van der Waals surface area contributed by atoms with E-state index in [2.05, 4.69) is 129 Å². The second kappa shape index (κ2) is 12.9. The third kappa shape index (κ3) is 6.27. The molecule has 0 unspecified atom stereocenters. The zero-order valence-corrected chi connectivity index (χ0v) is 23.3. The molecule has 0 amide bonds. The average molecular weight is 530 g/mol. The highest BCUT2D eigenvalue weighted by atomic mass is 15.3. The second-order valence-corrected chi connectivity index (χ2v) is 10.7. The standard InChI is InChI=1S/C35H39N5/c1-3-13-29(14-4-1)40(30-15-5-2-6-16-30)24-12-23-39-27-25-38(26-28-39)22-11-21-36-35-31-17-7-9-19-33(31)37-34-20-10-8-18-32(34)35/h1-10,13-20H,11-12,21-28H2,(H,36,37). The van der Waals surface area contributed by atoms with Crippen molar-refractivity contribution in [1.29, 1.82) is 0 Å². The Morgan fingerprint density at radius 3 is 1.60 bits per heavy atom. The summed E-state index contributed by atoms with van der Waals surface area (Å²) in [5.74, 6) is 0. The Morgan fingerprint density at radius 1 is 0.575 bits per heavy atom. The van der Waals surface area contributed by atoms with Crippen LogP contribution in [0.4, 0.5) is 17.1 Å². The lowest BCUT2D eigenvalue weighted by Gasteiger charge is -2.35. The van der Waals surface area contributed by atoms with Crippen LogP contribution >= 0.6 is 0 Å². The van der Waals surface area contributed by atoms with Gasteiger partial charge in [0.25, 0.3) is 0 Å². The van der Waals surface area contributed by atoms with Crippen LogP contribution in [0.1, 0.15) is 12.8 Å². The van der Waals surface area contributed by atoms with Gasteiger partial charge in [0.2, 0.25) is 0 Å². The summed E-state index contributed by atoms with van der Waals surface area (Å²) in [6, 6.07) is 38.4. The van der Waals surface area contributed by atoms with Gasteiger partial charge in [0.05, 0.1) is 16.7 Å². The predicted molar refractivity (Wildman–Crippen MR) is 170 cm³/mol. The molecule has 0 atom stereocenters. The molecule has 6 rings (SSSR count). The number of nitrogens with zero attached hydrogens (tertiary/aromatic N) is 4. The summed E-state index contributed by atoms with van der Waals surface area (Å²) in [5, 5.41) is 6.17. The summed E-state index contributed by atoms with van der Waals surface area (Å²) in [6.07, 6.45) is 2.29. The van der Waals surface area contributed by atoms with Gasteiger partial charge >= 0.3 is 0 Å². The van der Waals surface area contributed by atoms with Gasteiger partial charge < -0.3 is 20.0 Å². The van der Waals surface area contributed by atoms with E-state index in [4.69, 9.17) is 4.98 Å². The lowest BCUT2D eigenvalue weighted by atomic mass is 10.1. The number of pyridine rings is 1. The largest absolute Gasteiger partial charge is 0.384 e. The van der Waals surface area contributed by atoms with E-state index in [1.165, 1.54) is 27.8 Å². The molecule has 40 heavy (non-hydrogen) atoms. The van der Waals surface area contributed by atoms with E-state index in [0.717, 1.165) is 76.2 Å². The molecule has 1 fully saturated rings. The van der Waals surface area contributed by atoms with E-state index in [-0.39, 0.29) is 0 Å². The summed E-state index contributed by atoms with van der Waals surface area (Å²) in [5.41, 5.74) is 5.84. The number of fused-ring (bicyclic) bond motifs is 2. The lowest BCUT2D eigenvalue weighted by Crippen LogP contribution is -2.47. The molecule has 0 saturated carbocycles. The molecule has 0 radical (unpaired) electrons. The highest BCUT2D eigenvalue weighted by Gasteiger charge is 2.17. The number of piperazine rings is 1. The quantitative estimate of drug-likeness (QED) is 0.147. The van der Waals surface area contributed by atoms with Crippen LogP contribution in [-0.4, -0.2) is 67.1 Å². The van der Waals surface area contributed by atoms with Gasteiger partial charge in [-0.15, -0.1) is 0 Å². The molecule has 1 N–H and O–H groups in total. The molecule has 4 aromatic carbocycles. The first-order valence-corrected chi connectivity index (χ1v) is 14.7. The van der Waals surface area contributed by atoms with Crippen molar-refractivity contribution in [2.24, 2.45) is 0 Å². The maximum atomic E-state index is 4.85. The fourth-order valence-corrected chi connectivity index (χ4v) is 5.86. The fourth-order valence-electron chi connectivity index (χ4n) is 5.86. The highest BCUT2D eigenvalue weighted by Crippen LogP contribution is 2.30. The van der Waals surface area contributed by atoms with Gasteiger partial charge in [-0.25, -0.2) is 4.98 Å². The molecule has 1 saturated heterocycles. The monoisotopic (exact) mass is 529 g/mol. The number of aromatic nitrogens is 1. The van der Waals surface area contributed by atoms with E-state index in [1.54, 1.807) is 0 Å². The number of rotatable bonds is 11. The van der Waals surface area contributed by atoms with Crippen LogP contribution in [0, 0.1) is 0 Å². The molecule has 0 aliphatic carbocycles. The molecule has 0 bridgehead atoms. The molecular formula is C35H39N5. The molecular weight excluding hydrogens is 490 g/mol. The third-order valence-corrected chi connectivity index (χ3v) is 8.00. The van der Waals surface area contributed by atoms with Crippen molar-refractivity contribution >= 4 is 38.9 Å². The molecule has 0 spiro atoms. The Kier molecular flexibility index (Phi) is 8.51. The van der Waals surface area contributed by atoms with Crippen molar-refractivity contribution in [1.82, 2.24) is 14.8 Å². The van der Waals surface area contributed by atoms with E-state index < -0.39 is 0 Å². The van der Waals surface area contributed by atoms with Crippen LogP contribution in [0.3, 0.4) is 0 Å². The minimum absolute atomic E-state index is 0.965. The van der Waals surface area contributed by atoms with Crippen LogP contribution in [-0.2, 0) is 0 Å².